The molecule has 0 amide bonds. The van der Waals surface area contributed by atoms with Crippen LogP contribution in [0.2, 0.25) is 0 Å². The summed E-state index contributed by atoms with van der Waals surface area (Å²) in [6.45, 7) is 3.09. The SMILES string of the molecule is Cc1cc(N2CCCC2c2ccccc2)ncn1. The molecule has 1 aliphatic heterocycles. The van der Waals surface area contributed by atoms with Crippen LogP contribution in [0.5, 0.6) is 0 Å². The number of aromatic nitrogens is 2. The van der Waals surface area contributed by atoms with Gasteiger partial charge in [0.1, 0.15) is 12.1 Å². The maximum atomic E-state index is 4.41. The van der Waals surface area contributed by atoms with E-state index in [1.165, 1.54) is 18.4 Å². The molecule has 1 aromatic carbocycles. The fraction of sp³-hybridized carbons (Fsp3) is 0.333. The van der Waals surface area contributed by atoms with Gasteiger partial charge in [0, 0.05) is 18.3 Å². The van der Waals surface area contributed by atoms with Crippen molar-refractivity contribution in [2.24, 2.45) is 0 Å². The van der Waals surface area contributed by atoms with Crippen molar-refractivity contribution >= 4 is 5.82 Å². The van der Waals surface area contributed by atoms with Crippen LogP contribution in [0.4, 0.5) is 5.82 Å². The molecule has 2 heterocycles. The minimum absolute atomic E-state index is 0.459. The number of aryl methyl sites for hydroxylation is 1. The first kappa shape index (κ1) is 11.2. The van der Waals surface area contributed by atoms with Gasteiger partial charge < -0.3 is 4.90 Å². The van der Waals surface area contributed by atoms with E-state index in [1.54, 1.807) is 6.33 Å². The lowest BCUT2D eigenvalue weighted by molar-refractivity contribution is 0.710. The topological polar surface area (TPSA) is 29.0 Å². The van der Waals surface area contributed by atoms with Crippen LogP contribution in [0, 0.1) is 6.92 Å². The molecule has 0 bridgehead atoms. The third-order valence-electron chi connectivity index (χ3n) is 3.52. The van der Waals surface area contributed by atoms with E-state index in [9.17, 15) is 0 Å². The Morgan fingerprint density at radius 3 is 2.78 bits per heavy atom. The quantitative estimate of drug-likeness (QED) is 0.806. The van der Waals surface area contributed by atoms with Gasteiger partial charge in [-0.25, -0.2) is 9.97 Å². The first-order valence-corrected chi connectivity index (χ1v) is 6.45. The molecule has 1 atom stereocenters. The number of hydrogen-bond donors (Lipinski definition) is 0. The van der Waals surface area contributed by atoms with Crippen LogP contribution in [0.1, 0.15) is 30.1 Å². The summed E-state index contributed by atoms with van der Waals surface area (Å²) in [5.41, 5.74) is 2.41. The fourth-order valence-electron chi connectivity index (χ4n) is 2.66. The van der Waals surface area contributed by atoms with Crippen molar-refractivity contribution in [1.82, 2.24) is 9.97 Å². The molecule has 1 aromatic heterocycles. The Morgan fingerprint density at radius 1 is 1.17 bits per heavy atom. The van der Waals surface area contributed by atoms with Crippen molar-refractivity contribution in [3.05, 3.63) is 54.0 Å². The number of rotatable bonds is 2. The highest BCUT2D eigenvalue weighted by atomic mass is 15.2. The highest BCUT2D eigenvalue weighted by Gasteiger charge is 2.26. The van der Waals surface area contributed by atoms with Crippen LogP contribution in [0.15, 0.2) is 42.7 Å². The van der Waals surface area contributed by atoms with Crippen LogP contribution < -0.4 is 4.90 Å². The van der Waals surface area contributed by atoms with Crippen molar-refractivity contribution in [1.29, 1.82) is 0 Å². The van der Waals surface area contributed by atoms with Gasteiger partial charge >= 0.3 is 0 Å². The van der Waals surface area contributed by atoms with Gasteiger partial charge in [0.05, 0.1) is 6.04 Å². The van der Waals surface area contributed by atoms with Crippen molar-refractivity contribution in [2.45, 2.75) is 25.8 Å². The van der Waals surface area contributed by atoms with Crippen molar-refractivity contribution in [3.63, 3.8) is 0 Å². The fourth-order valence-corrected chi connectivity index (χ4v) is 2.66. The average molecular weight is 239 g/mol. The second-order valence-electron chi connectivity index (χ2n) is 4.78. The maximum absolute atomic E-state index is 4.41. The van der Waals surface area contributed by atoms with E-state index < -0.39 is 0 Å². The summed E-state index contributed by atoms with van der Waals surface area (Å²) >= 11 is 0. The molecule has 1 fully saturated rings. The van der Waals surface area contributed by atoms with E-state index >= 15 is 0 Å². The van der Waals surface area contributed by atoms with Crippen molar-refractivity contribution in [3.8, 4) is 0 Å². The Balaban J connectivity index is 1.92. The van der Waals surface area contributed by atoms with Crippen LogP contribution in [0.3, 0.4) is 0 Å². The van der Waals surface area contributed by atoms with Gasteiger partial charge in [0.2, 0.25) is 0 Å². The molecule has 0 saturated carbocycles. The smallest absolute Gasteiger partial charge is 0.132 e. The number of benzene rings is 1. The normalized spacial score (nSPS) is 19.2. The predicted molar refractivity (Wildman–Crippen MR) is 72.5 cm³/mol. The Kier molecular flexibility index (Phi) is 2.97. The van der Waals surface area contributed by atoms with Gasteiger partial charge in [0.25, 0.3) is 0 Å². The Hall–Kier alpha value is -1.90. The van der Waals surface area contributed by atoms with Crippen LogP contribution in [-0.2, 0) is 0 Å². The first-order valence-electron chi connectivity index (χ1n) is 6.45. The molecule has 3 heteroatoms. The molecule has 3 rings (SSSR count). The van der Waals surface area contributed by atoms with Crippen molar-refractivity contribution in [2.75, 3.05) is 11.4 Å². The Morgan fingerprint density at radius 2 is 2.00 bits per heavy atom. The van der Waals surface area contributed by atoms with Gasteiger partial charge in [-0.15, -0.1) is 0 Å². The van der Waals surface area contributed by atoms with Crippen molar-refractivity contribution < 1.29 is 0 Å². The van der Waals surface area contributed by atoms with E-state index in [2.05, 4.69) is 51.3 Å². The van der Waals surface area contributed by atoms with Crippen LogP contribution in [0.25, 0.3) is 0 Å². The highest BCUT2D eigenvalue weighted by Crippen LogP contribution is 2.34. The lowest BCUT2D eigenvalue weighted by Crippen LogP contribution is -2.23. The maximum Gasteiger partial charge on any atom is 0.132 e. The molecule has 0 spiro atoms. The molecule has 2 aromatic rings. The Bertz CT molecular complexity index is 524. The number of hydrogen-bond acceptors (Lipinski definition) is 3. The van der Waals surface area contributed by atoms with Gasteiger partial charge in [-0.2, -0.15) is 0 Å². The summed E-state index contributed by atoms with van der Waals surface area (Å²) in [4.78, 5) is 11.0. The molecule has 1 aliphatic rings. The van der Waals surface area contributed by atoms with Crippen LogP contribution in [-0.4, -0.2) is 16.5 Å². The average Bonchev–Trinajstić information content (AvgIpc) is 2.89. The van der Waals surface area contributed by atoms with Gasteiger partial charge in [-0.05, 0) is 25.3 Å². The van der Waals surface area contributed by atoms with E-state index in [0.29, 0.717) is 6.04 Å². The third kappa shape index (κ3) is 2.08. The predicted octanol–water partition coefficient (Wildman–Crippen LogP) is 3.13. The minimum Gasteiger partial charge on any atom is -0.349 e. The molecule has 0 aliphatic carbocycles. The molecular weight excluding hydrogens is 222 g/mol. The summed E-state index contributed by atoms with van der Waals surface area (Å²) in [5.74, 6) is 1.05. The van der Waals surface area contributed by atoms with E-state index in [-0.39, 0.29) is 0 Å². The molecule has 92 valence electrons. The number of anilines is 1. The standard InChI is InChI=1S/C15H17N3/c1-12-10-15(17-11-16-12)18-9-5-8-14(18)13-6-3-2-4-7-13/h2-4,6-7,10-11,14H,5,8-9H2,1H3. The lowest BCUT2D eigenvalue weighted by Gasteiger charge is -2.26. The summed E-state index contributed by atoms with van der Waals surface area (Å²) in [7, 11) is 0. The zero-order valence-corrected chi connectivity index (χ0v) is 10.6. The highest BCUT2D eigenvalue weighted by molar-refractivity contribution is 5.44. The molecule has 18 heavy (non-hydrogen) atoms. The van der Waals surface area contributed by atoms with Gasteiger partial charge in [0.15, 0.2) is 0 Å². The summed E-state index contributed by atoms with van der Waals surface area (Å²) in [5, 5.41) is 0. The summed E-state index contributed by atoms with van der Waals surface area (Å²) in [6, 6.07) is 13.2. The second-order valence-corrected chi connectivity index (χ2v) is 4.78. The molecule has 0 radical (unpaired) electrons. The minimum atomic E-state index is 0.459. The zero-order chi connectivity index (χ0) is 12.4. The number of nitrogens with zero attached hydrogens (tertiary/aromatic N) is 3. The summed E-state index contributed by atoms with van der Waals surface area (Å²) < 4.78 is 0. The van der Waals surface area contributed by atoms with Gasteiger partial charge in [-0.1, -0.05) is 30.3 Å². The van der Waals surface area contributed by atoms with E-state index in [4.69, 9.17) is 0 Å². The van der Waals surface area contributed by atoms with Gasteiger partial charge in [-0.3, -0.25) is 0 Å². The third-order valence-corrected chi connectivity index (χ3v) is 3.52. The lowest BCUT2D eigenvalue weighted by atomic mass is 10.0. The summed E-state index contributed by atoms with van der Waals surface area (Å²) in [6.07, 6.45) is 4.08. The monoisotopic (exact) mass is 239 g/mol. The first-order chi connectivity index (χ1) is 8.84. The largest absolute Gasteiger partial charge is 0.349 e. The molecule has 0 N–H and O–H groups in total. The van der Waals surface area contributed by atoms with E-state index in [0.717, 1.165) is 18.1 Å². The van der Waals surface area contributed by atoms with Crippen LogP contribution >= 0.6 is 0 Å². The molecule has 3 nitrogen and oxygen atoms in total. The zero-order valence-electron chi connectivity index (χ0n) is 10.6. The molecule has 1 unspecified atom stereocenters. The Labute approximate surface area is 108 Å². The second kappa shape index (κ2) is 4.77. The van der Waals surface area contributed by atoms with E-state index in [1.807, 2.05) is 6.92 Å². The molecule has 1 saturated heterocycles. The molecular formula is C15H17N3.